The van der Waals surface area contributed by atoms with Crippen molar-refractivity contribution in [1.29, 1.82) is 0 Å². The van der Waals surface area contributed by atoms with Crippen LogP contribution < -0.4 is 20.5 Å². The Hall–Kier alpha value is -3.86. The van der Waals surface area contributed by atoms with Crippen molar-refractivity contribution in [3.8, 4) is 22.6 Å². The van der Waals surface area contributed by atoms with Gasteiger partial charge in [0.1, 0.15) is 29.0 Å². The molecule has 3 heterocycles. The van der Waals surface area contributed by atoms with Gasteiger partial charge < -0.3 is 24.6 Å². The average molecular weight is 578 g/mol. The van der Waals surface area contributed by atoms with Gasteiger partial charge in [-0.15, -0.1) is 11.8 Å². The van der Waals surface area contributed by atoms with Crippen molar-refractivity contribution in [3.05, 3.63) is 95.5 Å². The molecule has 0 unspecified atom stereocenters. The summed E-state index contributed by atoms with van der Waals surface area (Å²) in [5.41, 5.74) is 6.22. The molecule has 1 fully saturated rings. The second kappa shape index (κ2) is 10.6. The molecule has 0 aliphatic carbocycles. The van der Waals surface area contributed by atoms with Crippen LogP contribution in [0.3, 0.4) is 0 Å². The number of rotatable bonds is 2. The zero-order valence-corrected chi connectivity index (χ0v) is 22.6. The Labute approximate surface area is 232 Å². The van der Waals surface area contributed by atoms with Crippen LogP contribution in [0.2, 0.25) is 0 Å². The Morgan fingerprint density at radius 2 is 1.50 bits per heavy atom. The highest BCUT2D eigenvalue weighted by Gasteiger charge is 2.33. The van der Waals surface area contributed by atoms with Crippen LogP contribution in [0, 0.1) is 0 Å². The summed E-state index contributed by atoms with van der Waals surface area (Å²) in [6.45, 7) is -0.0572. The van der Waals surface area contributed by atoms with Gasteiger partial charge in [0.25, 0.3) is 0 Å². The van der Waals surface area contributed by atoms with Gasteiger partial charge in [-0.3, -0.25) is 9.46 Å². The molecule has 204 valence electrons. The Balaban J connectivity index is 0.000000165. The fraction of sp³-hybridized carbons (Fsp3) is 0.143. The first-order valence-corrected chi connectivity index (χ1v) is 14.9. The van der Waals surface area contributed by atoms with Crippen LogP contribution in [-0.4, -0.2) is 37.3 Å². The topological polar surface area (TPSA) is 146 Å². The molecule has 0 spiro atoms. The molecule has 1 saturated heterocycles. The Bertz CT molecular complexity index is 1760. The van der Waals surface area contributed by atoms with Crippen molar-refractivity contribution < 1.29 is 28.3 Å². The van der Waals surface area contributed by atoms with Gasteiger partial charge in [-0.05, 0) is 39.7 Å². The van der Waals surface area contributed by atoms with Gasteiger partial charge in [-0.25, -0.2) is 9.36 Å². The summed E-state index contributed by atoms with van der Waals surface area (Å²) >= 11 is 1.47. The van der Waals surface area contributed by atoms with Gasteiger partial charge in [-0.1, -0.05) is 60.7 Å². The lowest BCUT2D eigenvalue weighted by atomic mass is 9.92. The lowest BCUT2D eigenvalue weighted by Crippen LogP contribution is -2.28. The summed E-state index contributed by atoms with van der Waals surface area (Å²) in [5.74, 6) is 1.51. The second-order valence-corrected chi connectivity index (χ2v) is 11.5. The molecule has 7 rings (SSSR count). The number of aliphatic hydroxyl groups excluding tert-OH is 1. The number of hydrogen-bond acceptors (Lipinski definition) is 9. The summed E-state index contributed by atoms with van der Waals surface area (Å²) in [6, 6.07) is 24.5. The predicted molar refractivity (Wildman–Crippen MR) is 154 cm³/mol. The van der Waals surface area contributed by atoms with Crippen LogP contribution in [0.5, 0.6) is 11.5 Å². The SMILES string of the molecule is Nc1ccn([C@H]2CS[C@@H](CO)O2)c(=O)n1.O=P1(O)Oc2ccc3ccccc3c2-c2c(ccc3ccccc23)O1. The molecule has 40 heavy (non-hydrogen) atoms. The molecule has 4 N–H and O–H groups in total. The molecule has 5 aromatic rings. The van der Waals surface area contributed by atoms with Crippen LogP contribution in [0.15, 0.2) is 89.9 Å². The number of aliphatic hydroxyl groups is 1. The fourth-order valence-electron chi connectivity index (χ4n) is 4.77. The maximum Gasteiger partial charge on any atom is 0.584 e. The van der Waals surface area contributed by atoms with Crippen molar-refractivity contribution in [3.63, 3.8) is 0 Å². The lowest BCUT2D eigenvalue weighted by Gasteiger charge is -2.13. The zero-order chi connectivity index (χ0) is 27.9. The number of nitrogen functional groups attached to an aromatic ring is 1. The predicted octanol–water partition coefficient (Wildman–Crippen LogP) is 4.94. The molecule has 0 radical (unpaired) electrons. The number of hydrogen-bond donors (Lipinski definition) is 3. The molecule has 10 nitrogen and oxygen atoms in total. The largest absolute Gasteiger partial charge is 0.584 e. The third-order valence-electron chi connectivity index (χ3n) is 6.50. The van der Waals surface area contributed by atoms with E-state index in [1.807, 2.05) is 60.7 Å². The van der Waals surface area contributed by atoms with Crippen LogP contribution in [0.1, 0.15) is 6.23 Å². The van der Waals surface area contributed by atoms with Gasteiger partial charge in [0, 0.05) is 23.1 Å². The molecule has 0 saturated carbocycles. The minimum absolute atomic E-state index is 0.0572. The molecule has 2 aliphatic heterocycles. The van der Waals surface area contributed by atoms with E-state index in [9.17, 15) is 14.3 Å². The van der Waals surface area contributed by atoms with Crippen LogP contribution in [0.25, 0.3) is 32.7 Å². The molecule has 0 amide bonds. The number of anilines is 1. The molecule has 2 aliphatic rings. The van der Waals surface area contributed by atoms with Crippen molar-refractivity contribution in [2.45, 2.75) is 11.7 Å². The smallest absolute Gasteiger partial charge is 0.395 e. The van der Waals surface area contributed by atoms with E-state index in [2.05, 4.69) is 4.98 Å². The summed E-state index contributed by atoms with van der Waals surface area (Å²) < 4.78 is 29.9. The van der Waals surface area contributed by atoms with E-state index in [0.717, 1.165) is 32.7 Å². The third-order valence-corrected chi connectivity index (χ3v) is 8.47. The van der Waals surface area contributed by atoms with E-state index >= 15 is 0 Å². The zero-order valence-electron chi connectivity index (χ0n) is 20.9. The number of aromatic nitrogens is 2. The quantitative estimate of drug-likeness (QED) is 0.247. The van der Waals surface area contributed by atoms with E-state index in [0.29, 0.717) is 17.3 Å². The minimum atomic E-state index is -4.25. The number of thioether (sulfide) groups is 1. The number of phosphoric acid groups is 1. The van der Waals surface area contributed by atoms with Crippen molar-refractivity contribution in [2.24, 2.45) is 0 Å². The van der Waals surface area contributed by atoms with E-state index in [1.165, 1.54) is 16.3 Å². The lowest BCUT2D eigenvalue weighted by molar-refractivity contribution is -0.00629. The average Bonchev–Trinajstić information content (AvgIpc) is 3.37. The van der Waals surface area contributed by atoms with Crippen LogP contribution in [-0.2, 0) is 9.30 Å². The number of nitrogens with two attached hydrogens (primary N) is 1. The van der Waals surface area contributed by atoms with Gasteiger partial charge in [0.15, 0.2) is 0 Å². The molecule has 1 aromatic heterocycles. The number of fused-ring (bicyclic) bond motifs is 7. The Kier molecular flexibility index (Phi) is 6.99. The van der Waals surface area contributed by atoms with Gasteiger partial charge in [0.2, 0.25) is 0 Å². The molecule has 0 bridgehead atoms. The summed E-state index contributed by atoms with van der Waals surface area (Å²) in [5, 5.41) is 12.8. The summed E-state index contributed by atoms with van der Waals surface area (Å²) in [7, 11) is -4.25. The maximum absolute atomic E-state index is 12.4. The van der Waals surface area contributed by atoms with E-state index in [4.69, 9.17) is 24.6 Å². The highest BCUT2D eigenvalue weighted by atomic mass is 32.2. The second-order valence-electron chi connectivity index (χ2n) is 9.05. The standard InChI is InChI=1S/C20H13O4P.C8H11N3O3S/c21-25(22)23-17-11-9-13-5-1-3-7-15(13)19(17)20-16-8-4-2-6-14(16)10-12-18(20)24-25;9-5-1-2-11(8(13)10-5)6-4-15-7(3-12)14-6/h1-12H,(H,21,22);1-2,6-7,12H,3-4H2,(H2,9,10,13)/t;6-,7+/m.1/s1. The molecular weight excluding hydrogens is 553 g/mol. The van der Waals surface area contributed by atoms with Crippen molar-refractivity contribution in [1.82, 2.24) is 9.55 Å². The number of ether oxygens (including phenoxy) is 1. The van der Waals surface area contributed by atoms with Gasteiger partial charge in [-0.2, -0.15) is 4.98 Å². The minimum Gasteiger partial charge on any atom is -0.395 e. The normalized spacial score (nSPS) is 18.9. The van der Waals surface area contributed by atoms with Gasteiger partial charge >= 0.3 is 13.5 Å². The Morgan fingerprint density at radius 1 is 0.925 bits per heavy atom. The summed E-state index contributed by atoms with van der Waals surface area (Å²) in [4.78, 5) is 25.1. The summed E-state index contributed by atoms with van der Waals surface area (Å²) in [6.07, 6.45) is 1.18. The number of nitrogens with zero attached hydrogens (tertiary/aromatic N) is 2. The van der Waals surface area contributed by atoms with Crippen molar-refractivity contribution >= 4 is 46.9 Å². The molecule has 12 heteroatoms. The molecular formula is C28H24N3O7PS. The molecule has 4 aromatic carbocycles. The first kappa shape index (κ1) is 26.4. The van der Waals surface area contributed by atoms with Crippen LogP contribution >= 0.6 is 19.6 Å². The number of phosphoric ester groups is 1. The fourth-order valence-corrected chi connectivity index (χ4v) is 6.54. The van der Waals surface area contributed by atoms with E-state index in [1.54, 1.807) is 24.4 Å². The monoisotopic (exact) mass is 577 g/mol. The van der Waals surface area contributed by atoms with E-state index in [-0.39, 0.29) is 24.1 Å². The highest BCUT2D eigenvalue weighted by molar-refractivity contribution is 8.00. The highest BCUT2D eigenvalue weighted by Crippen LogP contribution is 2.56. The van der Waals surface area contributed by atoms with Crippen LogP contribution in [0.4, 0.5) is 5.82 Å². The Morgan fingerprint density at radius 3 is 2.02 bits per heavy atom. The maximum atomic E-state index is 12.4. The van der Waals surface area contributed by atoms with Crippen molar-refractivity contribution in [2.75, 3.05) is 18.1 Å². The first-order chi connectivity index (χ1) is 19.3. The van der Waals surface area contributed by atoms with E-state index < -0.39 is 13.5 Å². The first-order valence-electron chi connectivity index (χ1n) is 12.3. The van der Waals surface area contributed by atoms with Gasteiger partial charge in [0.05, 0.1) is 6.61 Å². The molecule has 2 atom stereocenters. The third kappa shape index (κ3) is 5.05. The number of benzene rings is 4.